The SMILES string of the molecule is CC(C)c1ccccc1SCC(F)(F)F. The maximum Gasteiger partial charge on any atom is 0.398 e. The van der Waals surface area contributed by atoms with Crippen LogP contribution in [0.2, 0.25) is 0 Å². The molecule has 0 atom stereocenters. The minimum absolute atomic E-state index is 0.252. The smallest absolute Gasteiger partial charge is 0.170 e. The van der Waals surface area contributed by atoms with Gasteiger partial charge in [0.1, 0.15) is 0 Å². The van der Waals surface area contributed by atoms with Gasteiger partial charge in [-0.3, -0.25) is 0 Å². The fraction of sp³-hybridized carbons (Fsp3) is 0.455. The number of benzene rings is 1. The van der Waals surface area contributed by atoms with Crippen molar-refractivity contribution in [2.75, 3.05) is 5.75 Å². The van der Waals surface area contributed by atoms with E-state index >= 15 is 0 Å². The Hall–Kier alpha value is -0.640. The molecule has 0 bridgehead atoms. The molecule has 0 N–H and O–H groups in total. The van der Waals surface area contributed by atoms with Crippen LogP contribution in [0.5, 0.6) is 0 Å². The van der Waals surface area contributed by atoms with Crippen LogP contribution in [-0.2, 0) is 0 Å². The molecule has 84 valence electrons. The second-order valence-electron chi connectivity index (χ2n) is 3.60. The zero-order valence-corrected chi connectivity index (χ0v) is 9.45. The minimum Gasteiger partial charge on any atom is -0.170 e. The van der Waals surface area contributed by atoms with E-state index in [1.807, 2.05) is 26.0 Å². The Morgan fingerprint density at radius 1 is 1.20 bits per heavy atom. The van der Waals surface area contributed by atoms with Gasteiger partial charge < -0.3 is 0 Å². The molecule has 4 heteroatoms. The molecule has 1 aromatic rings. The third kappa shape index (κ3) is 4.16. The molecule has 0 aliphatic rings. The van der Waals surface area contributed by atoms with Gasteiger partial charge >= 0.3 is 6.18 Å². The summed E-state index contributed by atoms with van der Waals surface area (Å²) in [6, 6.07) is 7.24. The molecule has 1 aromatic carbocycles. The molecular formula is C11H13F3S. The summed E-state index contributed by atoms with van der Waals surface area (Å²) >= 11 is 0.857. The molecule has 0 spiro atoms. The Balaban J connectivity index is 2.76. The van der Waals surface area contributed by atoms with Gasteiger partial charge in [0.25, 0.3) is 0 Å². The van der Waals surface area contributed by atoms with Crippen molar-refractivity contribution in [2.24, 2.45) is 0 Å². The van der Waals surface area contributed by atoms with Gasteiger partial charge in [-0.25, -0.2) is 0 Å². The van der Waals surface area contributed by atoms with Crippen LogP contribution in [0.3, 0.4) is 0 Å². The summed E-state index contributed by atoms with van der Waals surface area (Å²) in [7, 11) is 0. The first-order valence-corrected chi connectivity index (χ1v) is 5.67. The van der Waals surface area contributed by atoms with Crippen LogP contribution >= 0.6 is 11.8 Å². The minimum atomic E-state index is -4.10. The summed E-state index contributed by atoms with van der Waals surface area (Å²) in [5, 5.41) is 0. The quantitative estimate of drug-likeness (QED) is 0.695. The summed E-state index contributed by atoms with van der Waals surface area (Å²) < 4.78 is 36.2. The van der Waals surface area contributed by atoms with Crippen molar-refractivity contribution in [3.8, 4) is 0 Å². The molecule has 0 aromatic heterocycles. The Morgan fingerprint density at radius 2 is 1.80 bits per heavy atom. The van der Waals surface area contributed by atoms with Crippen LogP contribution < -0.4 is 0 Å². The summed E-state index contributed by atoms with van der Waals surface area (Å²) in [4.78, 5) is 0.727. The van der Waals surface area contributed by atoms with E-state index in [4.69, 9.17) is 0 Å². The van der Waals surface area contributed by atoms with Gasteiger partial charge in [0.15, 0.2) is 0 Å². The lowest BCUT2D eigenvalue weighted by Gasteiger charge is -2.12. The molecule has 0 unspecified atom stereocenters. The first kappa shape index (κ1) is 12.4. The molecule has 0 aliphatic heterocycles. The maximum atomic E-state index is 12.1. The molecule has 0 saturated heterocycles. The number of alkyl halides is 3. The fourth-order valence-corrected chi connectivity index (χ4v) is 2.21. The van der Waals surface area contributed by atoms with Crippen LogP contribution in [0, 0.1) is 0 Å². The van der Waals surface area contributed by atoms with Gasteiger partial charge in [-0.15, -0.1) is 11.8 Å². The van der Waals surface area contributed by atoms with E-state index in [0.717, 1.165) is 22.2 Å². The van der Waals surface area contributed by atoms with Gasteiger partial charge in [-0.05, 0) is 17.5 Å². The van der Waals surface area contributed by atoms with Crippen molar-refractivity contribution in [1.29, 1.82) is 0 Å². The predicted octanol–water partition coefficient (Wildman–Crippen LogP) is 4.46. The van der Waals surface area contributed by atoms with Crippen molar-refractivity contribution in [1.82, 2.24) is 0 Å². The highest BCUT2D eigenvalue weighted by Gasteiger charge is 2.27. The molecule has 0 fully saturated rings. The Morgan fingerprint density at radius 3 is 2.33 bits per heavy atom. The molecular weight excluding hydrogens is 221 g/mol. The van der Waals surface area contributed by atoms with Crippen molar-refractivity contribution >= 4 is 11.8 Å². The molecule has 15 heavy (non-hydrogen) atoms. The molecule has 0 aliphatic carbocycles. The Kier molecular flexibility index (Phi) is 4.08. The summed E-state index contributed by atoms with van der Waals surface area (Å²) in [5.41, 5.74) is 0.978. The number of hydrogen-bond donors (Lipinski definition) is 0. The van der Waals surface area contributed by atoms with Crippen LogP contribution in [0.4, 0.5) is 13.2 Å². The van der Waals surface area contributed by atoms with Crippen molar-refractivity contribution in [3.05, 3.63) is 29.8 Å². The summed E-state index contributed by atoms with van der Waals surface area (Å²) in [6.07, 6.45) is -4.10. The molecule has 0 radical (unpaired) electrons. The van der Waals surface area contributed by atoms with E-state index in [2.05, 4.69) is 0 Å². The molecule has 0 nitrogen and oxygen atoms in total. The number of rotatable bonds is 3. The first-order chi connectivity index (χ1) is 6.90. The predicted molar refractivity (Wildman–Crippen MR) is 57.3 cm³/mol. The standard InChI is InChI=1S/C11H13F3S/c1-8(2)9-5-3-4-6-10(9)15-7-11(12,13)14/h3-6,8H,7H2,1-2H3. The highest BCUT2D eigenvalue weighted by atomic mass is 32.2. The number of thioether (sulfide) groups is 1. The maximum absolute atomic E-state index is 12.1. The largest absolute Gasteiger partial charge is 0.398 e. The van der Waals surface area contributed by atoms with Crippen LogP contribution in [0.25, 0.3) is 0 Å². The zero-order valence-electron chi connectivity index (χ0n) is 8.64. The monoisotopic (exact) mass is 234 g/mol. The van der Waals surface area contributed by atoms with Gasteiger partial charge in [0.2, 0.25) is 0 Å². The Bertz CT molecular complexity index is 318. The van der Waals surface area contributed by atoms with Gasteiger partial charge in [0, 0.05) is 4.90 Å². The van der Waals surface area contributed by atoms with E-state index in [9.17, 15) is 13.2 Å². The van der Waals surface area contributed by atoms with Crippen LogP contribution in [0.15, 0.2) is 29.2 Å². The lowest BCUT2D eigenvalue weighted by molar-refractivity contribution is -0.105. The van der Waals surface area contributed by atoms with Crippen molar-refractivity contribution < 1.29 is 13.2 Å². The van der Waals surface area contributed by atoms with Gasteiger partial charge in [-0.1, -0.05) is 32.0 Å². The zero-order chi connectivity index (χ0) is 11.5. The first-order valence-electron chi connectivity index (χ1n) is 4.68. The average Bonchev–Trinajstić information content (AvgIpc) is 2.14. The third-order valence-corrected chi connectivity index (χ3v) is 3.09. The van der Waals surface area contributed by atoms with Gasteiger partial charge in [-0.2, -0.15) is 13.2 Å². The molecule has 0 amide bonds. The van der Waals surface area contributed by atoms with E-state index in [1.54, 1.807) is 12.1 Å². The average molecular weight is 234 g/mol. The lowest BCUT2D eigenvalue weighted by atomic mass is 10.0. The lowest BCUT2D eigenvalue weighted by Crippen LogP contribution is -2.10. The third-order valence-electron chi connectivity index (χ3n) is 1.93. The summed E-state index contributed by atoms with van der Waals surface area (Å²) in [5.74, 6) is -0.571. The van der Waals surface area contributed by atoms with Crippen molar-refractivity contribution in [2.45, 2.75) is 30.8 Å². The number of halogens is 3. The molecule has 0 heterocycles. The van der Waals surface area contributed by atoms with E-state index < -0.39 is 11.9 Å². The Labute approximate surface area is 91.9 Å². The fourth-order valence-electron chi connectivity index (χ4n) is 1.25. The van der Waals surface area contributed by atoms with Crippen LogP contribution in [0.1, 0.15) is 25.3 Å². The van der Waals surface area contributed by atoms with Gasteiger partial charge in [0.05, 0.1) is 5.75 Å². The van der Waals surface area contributed by atoms with Crippen LogP contribution in [-0.4, -0.2) is 11.9 Å². The second kappa shape index (κ2) is 4.92. The normalized spacial score (nSPS) is 12.1. The summed E-state index contributed by atoms with van der Waals surface area (Å²) in [6.45, 7) is 3.96. The topological polar surface area (TPSA) is 0 Å². The van der Waals surface area contributed by atoms with E-state index in [-0.39, 0.29) is 5.92 Å². The molecule has 0 saturated carbocycles. The second-order valence-corrected chi connectivity index (χ2v) is 4.61. The number of hydrogen-bond acceptors (Lipinski definition) is 1. The molecule has 1 rings (SSSR count). The van der Waals surface area contributed by atoms with E-state index in [0.29, 0.717) is 0 Å². The van der Waals surface area contributed by atoms with E-state index in [1.165, 1.54) is 0 Å². The highest BCUT2D eigenvalue weighted by molar-refractivity contribution is 7.99. The highest BCUT2D eigenvalue weighted by Crippen LogP contribution is 2.32. The van der Waals surface area contributed by atoms with Crippen molar-refractivity contribution in [3.63, 3.8) is 0 Å².